The van der Waals surface area contributed by atoms with Crippen LogP contribution in [0.5, 0.6) is 5.75 Å². The third-order valence-corrected chi connectivity index (χ3v) is 1.71. The number of aromatic nitrogens is 1. The molecule has 0 aliphatic carbocycles. The topological polar surface area (TPSA) is 77.2 Å². The van der Waals surface area contributed by atoms with E-state index in [1.165, 1.54) is 0 Å². The maximum atomic E-state index is 11.0. The molecule has 0 bridgehead atoms. The zero-order valence-corrected chi connectivity index (χ0v) is 8.15. The monoisotopic (exact) mass is 195 g/mol. The summed E-state index contributed by atoms with van der Waals surface area (Å²) in [5, 5.41) is 0. The Kier molecular flexibility index (Phi) is 3.41. The van der Waals surface area contributed by atoms with Gasteiger partial charge in [0.05, 0.1) is 6.20 Å². The van der Waals surface area contributed by atoms with Gasteiger partial charge in [0.15, 0.2) is 6.10 Å². The van der Waals surface area contributed by atoms with Gasteiger partial charge in [-0.2, -0.15) is 0 Å². The number of hydrogen-bond donors (Lipinski definition) is 2. The highest BCUT2D eigenvalue weighted by Gasteiger charge is 2.12. The van der Waals surface area contributed by atoms with Crippen molar-refractivity contribution >= 4 is 5.91 Å². The first-order valence-corrected chi connectivity index (χ1v) is 4.23. The lowest BCUT2D eigenvalue weighted by molar-refractivity contribution is -0.127. The van der Waals surface area contributed by atoms with Gasteiger partial charge in [-0.25, -0.2) is 5.84 Å². The Balaban J connectivity index is 2.60. The molecule has 1 rings (SSSR count). The second kappa shape index (κ2) is 4.57. The molecule has 1 aromatic heterocycles. The molecule has 0 saturated heterocycles. The lowest BCUT2D eigenvalue weighted by Crippen LogP contribution is -2.40. The summed E-state index contributed by atoms with van der Waals surface area (Å²) >= 11 is 0. The van der Waals surface area contributed by atoms with Gasteiger partial charge in [-0.3, -0.25) is 15.2 Å². The Morgan fingerprint density at radius 3 is 2.86 bits per heavy atom. The average Bonchev–Trinajstić information content (AvgIpc) is 2.20. The number of rotatable bonds is 3. The molecule has 0 aliphatic rings. The number of ether oxygens (including phenoxy) is 1. The lowest BCUT2D eigenvalue weighted by Gasteiger charge is -2.12. The molecule has 14 heavy (non-hydrogen) atoms. The third-order valence-electron chi connectivity index (χ3n) is 1.71. The summed E-state index contributed by atoms with van der Waals surface area (Å²) < 4.78 is 5.27. The minimum absolute atomic E-state index is 0.370. The van der Waals surface area contributed by atoms with Gasteiger partial charge in [-0.05, 0) is 26.0 Å². The van der Waals surface area contributed by atoms with Crippen LogP contribution in [-0.4, -0.2) is 17.0 Å². The van der Waals surface area contributed by atoms with Gasteiger partial charge in [0.1, 0.15) is 5.75 Å². The van der Waals surface area contributed by atoms with E-state index in [9.17, 15) is 4.79 Å². The highest BCUT2D eigenvalue weighted by Crippen LogP contribution is 2.10. The maximum absolute atomic E-state index is 11.0. The molecular weight excluding hydrogens is 182 g/mol. The zero-order valence-electron chi connectivity index (χ0n) is 8.15. The van der Waals surface area contributed by atoms with E-state index in [0.29, 0.717) is 5.75 Å². The number of nitrogens with two attached hydrogens (primary N) is 1. The number of amides is 1. The van der Waals surface area contributed by atoms with Crippen molar-refractivity contribution in [2.75, 3.05) is 0 Å². The van der Waals surface area contributed by atoms with Crippen LogP contribution in [0.25, 0.3) is 0 Å². The first kappa shape index (κ1) is 10.5. The van der Waals surface area contributed by atoms with Crippen LogP contribution in [0.15, 0.2) is 18.3 Å². The van der Waals surface area contributed by atoms with E-state index in [2.05, 4.69) is 4.98 Å². The van der Waals surface area contributed by atoms with E-state index >= 15 is 0 Å². The van der Waals surface area contributed by atoms with E-state index < -0.39 is 6.10 Å². The van der Waals surface area contributed by atoms with Crippen LogP contribution in [-0.2, 0) is 4.79 Å². The number of hydrogen-bond acceptors (Lipinski definition) is 4. The summed E-state index contributed by atoms with van der Waals surface area (Å²) in [7, 11) is 0. The second-order valence-electron chi connectivity index (χ2n) is 2.90. The van der Waals surface area contributed by atoms with Crippen molar-refractivity contribution in [2.45, 2.75) is 20.0 Å². The predicted octanol–water partition coefficient (Wildman–Crippen LogP) is 0.147. The van der Waals surface area contributed by atoms with Gasteiger partial charge >= 0.3 is 0 Å². The zero-order chi connectivity index (χ0) is 10.6. The van der Waals surface area contributed by atoms with Crippen molar-refractivity contribution in [2.24, 2.45) is 5.84 Å². The SMILES string of the molecule is Cc1ccc(OC(C)C(=O)NN)cn1. The predicted molar refractivity (Wildman–Crippen MR) is 51.4 cm³/mol. The van der Waals surface area contributed by atoms with E-state index in [0.717, 1.165) is 5.69 Å². The van der Waals surface area contributed by atoms with Crippen LogP contribution in [0, 0.1) is 6.92 Å². The molecule has 1 atom stereocenters. The normalized spacial score (nSPS) is 11.9. The molecule has 5 nitrogen and oxygen atoms in total. The highest BCUT2D eigenvalue weighted by atomic mass is 16.5. The average molecular weight is 195 g/mol. The molecule has 76 valence electrons. The third kappa shape index (κ3) is 2.70. The van der Waals surface area contributed by atoms with E-state index in [1.54, 1.807) is 19.2 Å². The number of nitrogens with one attached hydrogen (secondary N) is 1. The van der Waals surface area contributed by atoms with Crippen LogP contribution in [0.3, 0.4) is 0 Å². The Hall–Kier alpha value is -1.62. The summed E-state index contributed by atoms with van der Waals surface area (Å²) in [5.74, 6) is 5.13. The fraction of sp³-hybridized carbons (Fsp3) is 0.333. The van der Waals surface area contributed by atoms with Gasteiger partial charge < -0.3 is 4.74 Å². The Morgan fingerprint density at radius 2 is 2.36 bits per heavy atom. The molecule has 1 aromatic rings. The summed E-state index contributed by atoms with van der Waals surface area (Å²) in [4.78, 5) is 15.0. The van der Waals surface area contributed by atoms with E-state index in [1.807, 2.05) is 18.4 Å². The first-order valence-electron chi connectivity index (χ1n) is 4.23. The minimum Gasteiger partial charge on any atom is -0.479 e. The van der Waals surface area contributed by atoms with E-state index in [-0.39, 0.29) is 5.91 Å². The molecule has 0 saturated carbocycles. The molecule has 1 unspecified atom stereocenters. The maximum Gasteiger partial charge on any atom is 0.274 e. The number of carbonyl (C=O) groups excluding carboxylic acids is 1. The van der Waals surface area contributed by atoms with Crippen LogP contribution in [0.2, 0.25) is 0 Å². The largest absolute Gasteiger partial charge is 0.479 e. The molecular formula is C9H13N3O2. The molecule has 0 fully saturated rings. The fourth-order valence-electron chi connectivity index (χ4n) is 0.899. The van der Waals surface area contributed by atoms with Crippen LogP contribution in [0.4, 0.5) is 0 Å². The Labute approximate surface area is 82.2 Å². The van der Waals surface area contributed by atoms with Gasteiger partial charge in [-0.15, -0.1) is 0 Å². The quantitative estimate of drug-likeness (QED) is 0.409. The van der Waals surface area contributed by atoms with Crippen molar-refractivity contribution in [3.63, 3.8) is 0 Å². The molecule has 1 heterocycles. The summed E-state index contributed by atoms with van der Waals surface area (Å²) in [6.07, 6.45) is 0.944. The molecule has 0 spiro atoms. The summed E-state index contributed by atoms with van der Waals surface area (Å²) in [5.41, 5.74) is 2.91. The van der Waals surface area contributed by atoms with Gasteiger partial charge in [0.2, 0.25) is 0 Å². The Morgan fingerprint density at radius 1 is 1.64 bits per heavy atom. The standard InChI is InChI=1S/C9H13N3O2/c1-6-3-4-8(5-11-6)14-7(2)9(13)12-10/h3-5,7H,10H2,1-2H3,(H,12,13). The van der Waals surface area contributed by atoms with Crippen molar-refractivity contribution in [3.8, 4) is 5.75 Å². The number of pyridine rings is 1. The van der Waals surface area contributed by atoms with Crippen LogP contribution in [0.1, 0.15) is 12.6 Å². The van der Waals surface area contributed by atoms with Gasteiger partial charge in [0, 0.05) is 5.69 Å². The number of aryl methyl sites for hydroxylation is 1. The molecule has 0 radical (unpaired) electrons. The van der Waals surface area contributed by atoms with Crippen molar-refractivity contribution < 1.29 is 9.53 Å². The fourth-order valence-corrected chi connectivity index (χ4v) is 0.899. The summed E-state index contributed by atoms with van der Waals surface area (Å²) in [6.45, 7) is 3.49. The second-order valence-corrected chi connectivity index (χ2v) is 2.90. The van der Waals surface area contributed by atoms with Crippen LogP contribution >= 0.6 is 0 Å². The minimum atomic E-state index is -0.621. The number of nitrogens with zero attached hydrogens (tertiary/aromatic N) is 1. The number of hydrazine groups is 1. The van der Waals surface area contributed by atoms with Crippen LogP contribution < -0.4 is 16.0 Å². The molecule has 3 N–H and O–H groups in total. The van der Waals surface area contributed by atoms with Gasteiger partial charge in [-0.1, -0.05) is 0 Å². The Bertz CT molecular complexity index is 310. The summed E-state index contributed by atoms with van der Waals surface area (Å²) in [6, 6.07) is 3.56. The molecule has 5 heteroatoms. The molecule has 1 amide bonds. The smallest absolute Gasteiger partial charge is 0.274 e. The molecule has 0 aromatic carbocycles. The van der Waals surface area contributed by atoms with Crippen molar-refractivity contribution in [1.29, 1.82) is 0 Å². The first-order chi connectivity index (χ1) is 6.63. The number of carbonyl (C=O) groups is 1. The van der Waals surface area contributed by atoms with Crippen molar-refractivity contribution in [3.05, 3.63) is 24.0 Å². The van der Waals surface area contributed by atoms with Gasteiger partial charge in [0.25, 0.3) is 5.91 Å². The molecule has 0 aliphatic heterocycles. The van der Waals surface area contributed by atoms with Crippen molar-refractivity contribution in [1.82, 2.24) is 10.4 Å². The lowest BCUT2D eigenvalue weighted by atomic mass is 10.3. The highest BCUT2D eigenvalue weighted by molar-refractivity contribution is 5.79. The van der Waals surface area contributed by atoms with E-state index in [4.69, 9.17) is 10.6 Å².